The zero-order valence-electron chi connectivity index (χ0n) is 13.2. The number of hydrogen-bond acceptors (Lipinski definition) is 6. The van der Waals surface area contributed by atoms with Crippen LogP contribution in [0.5, 0.6) is 0 Å². The maximum atomic E-state index is 14.3. The van der Waals surface area contributed by atoms with E-state index in [0.29, 0.717) is 11.3 Å². The highest BCUT2D eigenvalue weighted by atomic mass is 19.1. The van der Waals surface area contributed by atoms with Gasteiger partial charge in [-0.15, -0.1) is 0 Å². The lowest BCUT2D eigenvalue weighted by atomic mass is 10.1. The van der Waals surface area contributed by atoms with Crippen molar-refractivity contribution in [3.05, 3.63) is 69.9 Å². The van der Waals surface area contributed by atoms with E-state index in [0.717, 1.165) is 6.92 Å². The monoisotopic (exact) mass is 361 g/mol. The lowest BCUT2D eigenvalue weighted by molar-refractivity contribution is -0.390. The molecule has 7 nitrogen and oxygen atoms in total. The number of pyridine rings is 1. The summed E-state index contributed by atoms with van der Waals surface area (Å²) < 4.78 is 42.3. The fourth-order valence-electron chi connectivity index (χ4n) is 2.25. The lowest BCUT2D eigenvalue weighted by Gasteiger charge is -2.11. The summed E-state index contributed by atoms with van der Waals surface area (Å²) in [6.45, 7) is 0.967. The van der Waals surface area contributed by atoms with Gasteiger partial charge in [0.2, 0.25) is 17.6 Å². The highest BCUT2D eigenvalue weighted by Crippen LogP contribution is 2.34. The Labute approximate surface area is 144 Å². The maximum Gasteiger partial charge on any atom is 0.342 e. The van der Waals surface area contributed by atoms with Crippen molar-refractivity contribution in [1.82, 2.24) is 15.0 Å². The molecule has 1 aromatic carbocycles. The molecule has 0 saturated heterocycles. The molecule has 0 atom stereocenters. The molecular weight excluding hydrogens is 351 g/mol. The average molecular weight is 361 g/mol. The van der Waals surface area contributed by atoms with E-state index in [2.05, 4.69) is 20.3 Å². The number of hydrogen-bond donors (Lipinski definition) is 1. The van der Waals surface area contributed by atoms with Crippen molar-refractivity contribution in [2.45, 2.75) is 6.92 Å². The van der Waals surface area contributed by atoms with Gasteiger partial charge < -0.3 is 5.32 Å². The van der Waals surface area contributed by atoms with Crippen LogP contribution in [0.15, 0.2) is 36.8 Å². The largest absolute Gasteiger partial charge is 0.342 e. The predicted molar refractivity (Wildman–Crippen MR) is 86.3 cm³/mol. The summed E-state index contributed by atoms with van der Waals surface area (Å²) in [6, 6.07) is 4.94. The Hall–Kier alpha value is -3.56. The fraction of sp³-hybridized carbons (Fsp3) is 0.0625. The third kappa shape index (κ3) is 3.04. The Morgan fingerprint density at radius 2 is 1.88 bits per heavy atom. The van der Waals surface area contributed by atoms with Crippen LogP contribution >= 0.6 is 0 Å². The molecule has 0 saturated carbocycles. The molecule has 0 aliphatic carbocycles. The van der Waals surface area contributed by atoms with Crippen molar-refractivity contribution < 1.29 is 18.1 Å². The number of nitro benzene ring substituents is 1. The number of rotatable bonds is 4. The summed E-state index contributed by atoms with van der Waals surface area (Å²) in [7, 11) is 0. The summed E-state index contributed by atoms with van der Waals surface area (Å²) in [5.74, 6) is -4.77. The van der Waals surface area contributed by atoms with Crippen LogP contribution in [-0.4, -0.2) is 19.9 Å². The second-order valence-corrected chi connectivity index (χ2v) is 5.18. The van der Waals surface area contributed by atoms with Gasteiger partial charge in [0.1, 0.15) is 5.69 Å². The molecule has 10 heteroatoms. The molecule has 1 N–H and O–H groups in total. The van der Waals surface area contributed by atoms with Crippen molar-refractivity contribution in [2.24, 2.45) is 0 Å². The molecule has 0 amide bonds. The van der Waals surface area contributed by atoms with E-state index in [1.54, 1.807) is 24.4 Å². The first kappa shape index (κ1) is 17.3. The van der Waals surface area contributed by atoms with Crippen LogP contribution in [0.4, 0.5) is 30.5 Å². The summed E-state index contributed by atoms with van der Waals surface area (Å²) in [5, 5.41) is 13.1. The van der Waals surface area contributed by atoms with Gasteiger partial charge in [-0.2, -0.15) is 8.78 Å². The van der Waals surface area contributed by atoms with Gasteiger partial charge in [-0.3, -0.25) is 15.1 Å². The number of anilines is 2. The molecule has 2 aromatic heterocycles. The van der Waals surface area contributed by atoms with Crippen molar-refractivity contribution in [2.75, 3.05) is 5.32 Å². The molecule has 132 valence electrons. The number of nitro groups is 1. The maximum absolute atomic E-state index is 14.3. The van der Waals surface area contributed by atoms with E-state index < -0.39 is 39.3 Å². The molecule has 26 heavy (non-hydrogen) atoms. The molecular formula is C16H10F3N5O2. The van der Waals surface area contributed by atoms with Crippen LogP contribution in [0.25, 0.3) is 11.3 Å². The Morgan fingerprint density at radius 1 is 1.12 bits per heavy atom. The van der Waals surface area contributed by atoms with Gasteiger partial charge in [0.15, 0.2) is 5.82 Å². The third-order valence-electron chi connectivity index (χ3n) is 3.55. The van der Waals surface area contributed by atoms with Gasteiger partial charge in [0.05, 0.1) is 10.6 Å². The minimum Gasteiger partial charge on any atom is -0.319 e. The first-order valence-electron chi connectivity index (χ1n) is 7.22. The molecule has 0 aliphatic heterocycles. The molecule has 2 heterocycles. The quantitative estimate of drug-likeness (QED) is 0.559. The molecule has 3 aromatic rings. The van der Waals surface area contributed by atoms with E-state index in [-0.39, 0.29) is 5.95 Å². The molecule has 3 rings (SSSR count). The van der Waals surface area contributed by atoms with Crippen LogP contribution in [0, 0.1) is 34.5 Å². The van der Waals surface area contributed by atoms with Gasteiger partial charge >= 0.3 is 5.69 Å². The number of halogens is 3. The summed E-state index contributed by atoms with van der Waals surface area (Å²) in [5.41, 5.74) is -2.01. The van der Waals surface area contributed by atoms with E-state index in [9.17, 15) is 23.3 Å². The van der Waals surface area contributed by atoms with Crippen LogP contribution < -0.4 is 5.32 Å². The lowest BCUT2D eigenvalue weighted by Crippen LogP contribution is -2.08. The predicted octanol–water partition coefficient (Wildman–Crippen LogP) is 3.92. The van der Waals surface area contributed by atoms with Crippen molar-refractivity contribution in [3.63, 3.8) is 0 Å². The van der Waals surface area contributed by atoms with Crippen molar-refractivity contribution >= 4 is 17.3 Å². The van der Waals surface area contributed by atoms with Crippen molar-refractivity contribution in [3.8, 4) is 11.3 Å². The highest BCUT2D eigenvalue weighted by molar-refractivity contribution is 5.65. The van der Waals surface area contributed by atoms with Gasteiger partial charge in [-0.05, 0) is 25.1 Å². The van der Waals surface area contributed by atoms with E-state index >= 15 is 0 Å². The van der Waals surface area contributed by atoms with Crippen LogP contribution in [0.1, 0.15) is 5.56 Å². The SMILES string of the molecule is Cc1c(F)c(Nc2nccc(-c3cccnc3)n2)c(F)c([N+](=O)[O-])c1F. The van der Waals surface area contributed by atoms with Gasteiger partial charge in [-0.1, -0.05) is 0 Å². The van der Waals surface area contributed by atoms with Crippen LogP contribution in [0.2, 0.25) is 0 Å². The summed E-state index contributed by atoms with van der Waals surface area (Å²) in [4.78, 5) is 21.5. The molecule has 0 bridgehead atoms. The zero-order chi connectivity index (χ0) is 18.8. The number of nitrogens with one attached hydrogen (secondary N) is 1. The van der Waals surface area contributed by atoms with Gasteiger partial charge in [-0.25, -0.2) is 14.4 Å². The summed E-state index contributed by atoms with van der Waals surface area (Å²) >= 11 is 0. The molecule has 0 unspecified atom stereocenters. The highest BCUT2D eigenvalue weighted by Gasteiger charge is 2.31. The minimum absolute atomic E-state index is 0.218. The molecule has 0 spiro atoms. The standard InChI is InChI=1S/C16H10F3N5O2/c1-8-11(17)14(13(19)15(12(8)18)24(25)26)23-16-21-6-4-10(22-16)9-3-2-5-20-7-9/h2-7H,1H3,(H,21,22,23). The second-order valence-electron chi connectivity index (χ2n) is 5.18. The number of aromatic nitrogens is 3. The summed E-state index contributed by atoms with van der Waals surface area (Å²) in [6.07, 6.45) is 4.42. The van der Waals surface area contributed by atoms with Crippen molar-refractivity contribution in [1.29, 1.82) is 0 Å². The average Bonchev–Trinajstić information content (AvgIpc) is 2.64. The Bertz CT molecular complexity index is 999. The van der Waals surface area contributed by atoms with Gasteiger partial charge in [0.25, 0.3) is 0 Å². The number of benzene rings is 1. The zero-order valence-corrected chi connectivity index (χ0v) is 13.2. The Balaban J connectivity index is 2.06. The number of nitrogens with zero attached hydrogens (tertiary/aromatic N) is 4. The molecule has 0 radical (unpaired) electrons. The third-order valence-corrected chi connectivity index (χ3v) is 3.55. The van der Waals surface area contributed by atoms with Gasteiger partial charge in [0, 0.05) is 29.7 Å². The van der Waals surface area contributed by atoms with E-state index in [1.807, 2.05) is 0 Å². The van der Waals surface area contributed by atoms with Crippen LogP contribution in [0.3, 0.4) is 0 Å². The van der Waals surface area contributed by atoms with E-state index in [1.165, 1.54) is 12.4 Å². The first-order chi connectivity index (χ1) is 12.4. The fourth-order valence-corrected chi connectivity index (χ4v) is 2.25. The molecule has 0 aliphatic rings. The van der Waals surface area contributed by atoms with Crippen LogP contribution in [-0.2, 0) is 0 Å². The molecule has 0 fully saturated rings. The first-order valence-corrected chi connectivity index (χ1v) is 7.22. The second kappa shape index (κ2) is 6.75. The minimum atomic E-state index is -1.68. The normalized spacial score (nSPS) is 10.6. The Kier molecular flexibility index (Phi) is 4.48. The smallest absolute Gasteiger partial charge is 0.319 e. The van der Waals surface area contributed by atoms with E-state index in [4.69, 9.17) is 0 Å². The Morgan fingerprint density at radius 3 is 2.54 bits per heavy atom. The topological polar surface area (TPSA) is 93.8 Å².